The summed E-state index contributed by atoms with van der Waals surface area (Å²) >= 11 is 1.35. The summed E-state index contributed by atoms with van der Waals surface area (Å²) in [5, 5.41) is 3.23. The summed E-state index contributed by atoms with van der Waals surface area (Å²) in [6.07, 6.45) is 0.185. The van der Waals surface area contributed by atoms with Crippen molar-refractivity contribution in [3.05, 3.63) is 48.0 Å². The average molecular weight is 395 g/mol. The van der Waals surface area contributed by atoms with Crippen molar-refractivity contribution in [3.8, 4) is 5.75 Å². The van der Waals surface area contributed by atoms with Crippen molar-refractivity contribution < 1.29 is 19.1 Å². The molecule has 7 nitrogen and oxygen atoms in total. The molecule has 0 radical (unpaired) electrons. The molecule has 0 saturated carbocycles. The van der Waals surface area contributed by atoms with E-state index < -0.39 is 0 Å². The highest BCUT2D eigenvalue weighted by molar-refractivity contribution is 7.22. The molecule has 4 rings (SSSR count). The minimum absolute atomic E-state index is 0.185. The Morgan fingerprint density at radius 2 is 2.07 bits per heavy atom. The lowest BCUT2D eigenvalue weighted by atomic mass is 10.1. The molecule has 1 aromatic heterocycles. The molecular formula is C20H17N3O4S. The Bertz CT molecular complexity index is 1110. The SMILES string of the molecule is COc1ccc2sc(NC(=O)c3cccc(N4C(=O)C[C@@H](C)C4=O)c3)nc2c1. The fraction of sp³-hybridized carbons (Fsp3) is 0.200. The second-order valence-corrected chi connectivity index (χ2v) is 7.56. The fourth-order valence-electron chi connectivity index (χ4n) is 3.10. The lowest BCUT2D eigenvalue weighted by Gasteiger charge is -2.15. The quantitative estimate of drug-likeness (QED) is 0.684. The van der Waals surface area contributed by atoms with Crippen LogP contribution in [0.15, 0.2) is 42.5 Å². The Kier molecular flexibility index (Phi) is 4.56. The van der Waals surface area contributed by atoms with Crippen molar-refractivity contribution in [2.45, 2.75) is 13.3 Å². The summed E-state index contributed by atoms with van der Waals surface area (Å²) < 4.78 is 6.11. The Hall–Kier alpha value is -3.26. The molecule has 3 aromatic rings. The van der Waals surface area contributed by atoms with Crippen LogP contribution in [0.3, 0.4) is 0 Å². The number of nitrogens with zero attached hydrogens (tertiary/aromatic N) is 2. The minimum Gasteiger partial charge on any atom is -0.497 e. The van der Waals surface area contributed by atoms with Gasteiger partial charge in [0, 0.05) is 24.0 Å². The normalized spacial score (nSPS) is 16.6. The van der Waals surface area contributed by atoms with E-state index >= 15 is 0 Å². The van der Waals surface area contributed by atoms with Gasteiger partial charge in [0.2, 0.25) is 11.8 Å². The molecule has 1 saturated heterocycles. The highest BCUT2D eigenvalue weighted by atomic mass is 32.1. The van der Waals surface area contributed by atoms with E-state index in [0.717, 1.165) is 15.1 Å². The summed E-state index contributed by atoms with van der Waals surface area (Å²) in [4.78, 5) is 42.5. The number of fused-ring (bicyclic) bond motifs is 1. The van der Waals surface area contributed by atoms with Crippen LogP contribution in [0.25, 0.3) is 10.2 Å². The predicted molar refractivity (Wildman–Crippen MR) is 107 cm³/mol. The largest absolute Gasteiger partial charge is 0.497 e. The van der Waals surface area contributed by atoms with E-state index in [0.29, 0.717) is 22.1 Å². The molecule has 28 heavy (non-hydrogen) atoms. The molecule has 0 spiro atoms. The number of aromatic nitrogens is 1. The lowest BCUT2D eigenvalue weighted by molar-refractivity contribution is -0.122. The molecule has 1 fully saturated rings. The average Bonchev–Trinajstić information content (AvgIpc) is 3.20. The highest BCUT2D eigenvalue weighted by Gasteiger charge is 2.36. The van der Waals surface area contributed by atoms with Gasteiger partial charge in [-0.05, 0) is 30.3 Å². The van der Waals surface area contributed by atoms with Gasteiger partial charge in [0.15, 0.2) is 5.13 Å². The van der Waals surface area contributed by atoms with Gasteiger partial charge in [0.05, 0.1) is 23.0 Å². The van der Waals surface area contributed by atoms with E-state index in [-0.39, 0.29) is 30.1 Å². The zero-order valence-electron chi connectivity index (χ0n) is 15.3. The van der Waals surface area contributed by atoms with Crippen molar-refractivity contribution in [3.63, 3.8) is 0 Å². The molecule has 8 heteroatoms. The first-order chi connectivity index (χ1) is 13.5. The predicted octanol–water partition coefficient (Wildman–Crippen LogP) is 3.46. The van der Waals surface area contributed by atoms with Crippen molar-refractivity contribution in [2.75, 3.05) is 17.3 Å². The van der Waals surface area contributed by atoms with Crippen molar-refractivity contribution in [1.29, 1.82) is 0 Å². The van der Waals surface area contributed by atoms with Crippen LogP contribution < -0.4 is 15.0 Å². The van der Waals surface area contributed by atoms with Crippen molar-refractivity contribution in [2.24, 2.45) is 5.92 Å². The van der Waals surface area contributed by atoms with Crippen molar-refractivity contribution in [1.82, 2.24) is 4.98 Å². The number of carbonyl (C=O) groups is 3. The second-order valence-electron chi connectivity index (χ2n) is 6.53. The summed E-state index contributed by atoms with van der Waals surface area (Å²) in [7, 11) is 1.58. The molecule has 0 unspecified atom stereocenters. The van der Waals surface area contributed by atoms with Gasteiger partial charge >= 0.3 is 0 Å². The number of benzene rings is 2. The second kappa shape index (κ2) is 7.05. The van der Waals surface area contributed by atoms with Crippen LogP contribution in [0.1, 0.15) is 23.7 Å². The van der Waals surface area contributed by atoms with Gasteiger partial charge in [-0.1, -0.05) is 24.3 Å². The third-order valence-corrected chi connectivity index (χ3v) is 5.51. The smallest absolute Gasteiger partial charge is 0.257 e. The third-order valence-electron chi connectivity index (χ3n) is 4.55. The van der Waals surface area contributed by atoms with Gasteiger partial charge < -0.3 is 4.74 Å². The van der Waals surface area contributed by atoms with E-state index in [4.69, 9.17) is 4.74 Å². The summed E-state index contributed by atoms with van der Waals surface area (Å²) in [6.45, 7) is 1.72. The molecule has 142 valence electrons. The Morgan fingerprint density at radius 3 is 2.79 bits per heavy atom. The number of ether oxygens (including phenoxy) is 1. The Balaban J connectivity index is 1.57. The van der Waals surface area contributed by atoms with E-state index in [2.05, 4.69) is 10.3 Å². The zero-order valence-corrected chi connectivity index (χ0v) is 16.1. The minimum atomic E-state index is -0.361. The number of carbonyl (C=O) groups excluding carboxylic acids is 3. The topological polar surface area (TPSA) is 88.6 Å². The first kappa shape index (κ1) is 18.1. The number of amides is 3. The van der Waals surface area contributed by atoms with E-state index in [1.807, 2.05) is 12.1 Å². The van der Waals surface area contributed by atoms with Gasteiger partial charge in [-0.3, -0.25) is 24.6 Å². The maximum atomic E-state index is 12.7. The maximum Gasteiger partial charge on any atom is 0.257 e. The molecule has 1 aliphatic heterocycles. The molecule has 2 aromatic carbocycles. The van der Waals surface area contributed by atoms with E-state index in [9.17, 15) is 14.4 Å². The molecule has 1 aliphatic rings. The van der Waals surface area contributed by atoms with Crippen LogP contribution in [0.2, 0.25) is 0 Å². The molecule has 0 bridgehead atoms. The van der Waals surface area contributed by atoms with Gasteiger partial charge in [-0.15, -0.1) is 0 Å². The van der Waals surface area contributed by atoms with Crippen LogP contribution in [0, 0.1) is 5.92 Å². The standard InChI is InChI=1S/C20H17N3O4S/c1-11-8-17(24)23(19(11)26)13-5-3-4-12(9-13)18(25)22-20-21-15-10-14(27-2)6-7-16(15)28-20/h3-7,9-11H,8H2,1-2H3,(H,21,22,25)/t11-/m1/s1. The molecular weight excluding hydrogens is 378 g/mol. The third kappa shape index (κ3) is 3.22. The summed E-state index contributed by atoms with van der Waals surface area (Å²) in [5.74, 6) is -0.514. The van der Waals surface area contributed by atoms with Crippen LogP contribution in [-0.4, -0.2) is 29.8 Å². The fourth-order valence-corrected chi connectivity index (χ4v) is 3.94. The Morgan fingerprint density at radius 1 is 1.25 bits per heavy atom. The van der Waals surface area contributed by atoms with Crippen LogP contribution >= 0.6 is 11.3 Å². The molecule has 2 heterocycles. The molecule has 0 aliphatic carbocycles. The first-order valence-corrected chi connectivity index (χ1v) is 9.50. The number of thiazole rings is 1. The number of anilines is 2. The number of imide groups is 1. The summed E-state index contributed by atoms with van der Waals surface area (Å²) in [6, 6.07) is 12.0. The summed E-state index contributed by atoms with van der Waals surface area (Å²) in [5.41, 5.74) is 1.48. The maximum absolute atomic E-state index is 12.7. The first-order valence-electron chi connectivity index (χ1n) is 8.69. The van der Waals surface area contributed by atoms with Crippen LogP contribution in [-0.2, 0) is 9.59 Å². The highest BCUT2D eigenvalue weighted by Crippen LogP contribution is 2.30. The number of hydrogen-bond acceptors (Lipinski definition) is 6. The lowest BCUT2D eigenvalue weighted by Crippen LogP contribution is -2.30. The van der Waals surface area contributed by atoms with E-state index in [1.165, 1.54) is 11.3 Å². The van der Waals surface area contributed by atoms with Crippen molar-refractivity contribution >= 4 is 50.1 Å². The number of nitrogens with one attached hydrogen (secondary N) is 1. The molecule has 1 N–H and O–H groups in total. The number of rotatable bonds is 4. The molecule has 3 amide bonds. The van der Waals surface area contributed by atoms with Gasteiger partial charge in [0.1, 0.15) is 5.75 Å². The number of hydrogen-bond donors (Lipinski definition) is 1. The molecule has 1 atom stereocenters. The van der Waals surface area contributed by atoms with Crippen LogP contribution in [0.5, 0.6) is 5.75 Å². The van der Waals surface area contributed by atoms with Gasteiger partial charge in [-0.25, -0.2) is 4.98 Å². The van der Waals surface area contributed by atoms with Gasteiger partial charge in [-0.2, -0.15) is 0 Å². The number of methoxy groups -OCH3 is 1. The van der Waals surface area contributed by atoms with E-state index in [1.54, 1.807) is 44.4 Å². The van der Waals surface area contributed by atoms with Crippen LogP contribution in [0.4, 0.5) is 10.8 Å². The Labute approximate surface area is 164 Å². The van der Waals surface area contributed by atoms with Gasteiger partial charge in [0.25, 0.3) is 5.91 Å². The monoisotopic (exact) mass is 395 g/mol. The zero-order chi connectivity index (χ0) is 19.8.